The number of carboxylic acid groups (broad SMARTS) is 1. The largest absolute Gasteiger partial charge is 0.478 e. The lowest BCUT2D eigenvalue weighted by Crippen LogP contribution is -1.99. The van der Waals surface area contributed by atoms with Gasteiger partial charge in [-0.05, 0) is 29.3 Å². The lowest BCUT2D eigenvalue weighted by atomic mass is 10.1. The number of rotatable bonds is 5. The molecule has 0 aliphatic heterocycles. The van der Waals surface area contributed by atoms with Crippen molar-refractivity contribution in [2.75, 3.05) is 0 Å². The van der Waals surface area contributed by atoms with Crippen molar-refractivity contribution in [3.8, 4) is 11.3 Å². The molecule has 0 aliphatic carbocycles. The van der Waals surface area contributed by atoms with Crippen LogP contribution in [0.15, 0.2) is 47.8 Å². The number of carboxylic acids is 1. The smallest absolute Gasteiger partial charge is 0.339 e. The molecular weight excluding hydrogens is 294 g/mol. The number of nitroso groups, excluding NO2 is 1. The van der Waals surface area contributed by atoms with Crippen molar-refractivity contribution in [2.45, 2.75) is 19.8 Å². The van der Waals surface area contributed by atoms with Crippen molar-refractivity contribution in [3.05, 3.63) is 58.6 Å². The molecule has 0 aliphatic rings. The molecule has 0 saturated heterocycles. The fourth-order valence-corrected chi connectivity index (χ4v) is 2.62. The van der Waals surface area contributed by atoms with E-state index >= 15 is 0 Å². The number of nitrogens with zero attached hydrogens (tertiary/aromatic N) is 3. The molecule has 6 nitrogen and oxygen atoms in total. The lowest BCUT2D eigenvalue weighted by molar-refractivity contribution is 0.0698. The number of aromatic carboxylic acids is 1. The Morgan fingerprint density at radius 3 is 2.61 bits per heavy atom. The van der Waals surface area contributed by atoms with Gasteiger partial charge in [0.2, 0.25) is 5.82 Å². The van der Waals surface area contributed by atoms with Crippen LogP contribution in [0, 0.1) is 4.91 Å². The first-order valence-corrected chi connectivity index (χ1v) is 7.32. The van der Waals surface area contributed by atoms with Crippen LogP contribution in [-0.2, 0) is 6.42 Å². The van der Waals surface area contributed by atoms with E-state index in [1.807, 2.05) is 24.3 Å². The standard InChI is InChI=1S/C17H15N3O3/c1-2-4-11-6-8-12(9-7-11)14-16(19-23)20-10-3-5-13(17(21)22)15(20)18-14/h3,5-10H,2,4H2,1H3,(H,21,22). The summed E-state index contributed by atoms with van der Waals surface area (Å²) in [6, 6.07) is 10.7. The van der Waals surface area contributed by atoms with Crippen LogP contribution in [0.2, 0.25) is 0 Å². The molecule has 23 heavy (non-hydrogen) atoms. The predicted molar refractivity (Wildman–Crippen MR) is 87.0 cm³/mol. The zero-order valence-corrected chi connectivity index (χ0v) is 12.6. The molecule has 2 aromatic heterocycles. The van der Waals surface area contributed by atoms with Crippen molar-refractivity contribution in [3.63, 3.8) is 0 Å². The van der Waals surface area contributed by atoms with Gasteiger partial charge in [-0.3, -0.25) is 4.40 Å². The van der Waals surface area contributed by atoms with Gasteiger partial charge in [0.25, 0.3) is 0 Å². The van der Waals surface area contributed by atoms with Crippen LogP contribution in [0.5, 0.6) is 0 Å². The number of hydrogen-bond donors (Lipinski definition) is 1. The molecular formula is C17H15N3O3. The first-order chi connectivity index (χ1) is 11.2. The van der Waals surface area contributed by atoms with Crippen LogP contribution in [0.4, 0.5) is 5.82 Å². The Morgan fingerprint density at radius 1 is 1.26 bits per heavy atom. The number of aromatic nitrogens is 2. The third kappa shape index (κ3) is 2.59. The number of benzene rings is 1. The van der Waals surface area contributed by atoms with Crippen LogP contribution in [-0.4, -0.2) is 20.5 Å². The molecule has 2 heterocycles. The Labute approximate surface area is 132 Å². The normalized spacial score (nSPS) is 10.8. The van der Waals surface area contributed by atoms with E-state index < -0.39 is 5.97 Å². The number of hydrogen-bond acceptors (Lipinski definition) is 4. The highest BCUT2D eigenvalue weighted by Crippen LogP contribution is 2.32. The Morgan fingerprint density at radius 2 is 2.00 bits per heavy atom. The van der Waals surface area contributed by atoms with Crippen molar-refractivity contribution in [1.82, 2.24) is 9.38 Å². The van der Waals surface area contributed by atoms with Crippen molar-refractivity contribution in [2.24, 2.45) is 5.18 Å². The highest BCUT2D eigenvalue weighted by atomic mass is 16.4. The van der Waals surface area contributed by atoms with Crippen molar-refractivity contribution in [1.29, 1.82) is 0 Å². The number of aryl methyl sites for hydroxylation is 1. The Bertz CT molecular complexity index is 882. The first kappa shape index (κ1) is 14.9. The van der Waals surface area contributed by atoms with Crippen LogP contribution in [0.1, 0.15) is 29.3 Å². The van der Waals surface area contributed by atoms with Gasteiger partial charge in [0, 0.05) is 11.8 Å². The minimum absolute atomic E-state index is 0.0336. The van der Waals surface area contributed by atoms with Crippen LogP contribution < -0.4 is 0 Å². The topological polar surface area (TPSA) is 84.0 Å². The van der Waals surface area contributed by atoms with Crippen molar-refractivity contribution >= 4 is 17.4 Å². The molecule has 1 N–H and O–H groups in total. The SMILES string of the molecule is CCCc1ccc(-c2nc3c(C(=O)O)cccn3c2N=O)cc1. The Balaban J connectivity index is 2.19. The maximum atomic E-state index is 11.3. The summed E-state index contributed by atoms with van der Waals surface area (Å²) in [5.74, 6) is -0.991. The highest BCUT2D eigenvalue weighted by Gasteiger charge is 2.19. The maximum Gasteiger partial charge on any atom is 0.339 e. The molecule has 0 radical (unpaired) electrons. The lowest BCUT2D eigenvalue weighted by Gasteiger charge is -2.01. The number of fused-ring (bicyclic) bond motifs is 1. The fourth-order valence-electron chi connectivity index (χ4n) is 2.62. The van der Waals surface area contributed by atoms with Gasteiger partial charge in [0.05, 0.1) is 0 Å². The molecule has 3 aromatic rings. The van der Waals surface area contributed by atoms with Gasteiger partial charge >= 0.3 is 5.97 Å². The van der Waals surface area contributed by atoms with Gasteiger partial charge in [-0.25, -0.2) is 9.78 Å². The van der Waals surface area contributed by atoms with E-state index in [2.05, 4.69) is 17.1 Å². The van der Waals surface area contributed by atoms with Gasteiger partial charge in [0.15, 0.2) is 5.65 Å². The van der Waals surface area contributed by atoms with E-state index in [1.165, 1.54) is 16.0 Å². The summed E-state index contributed by atoms with van der Waals surface area (Å²) < 4.78 is 1.41. The quantitative estimate of drug-likeness (QED) is 0.720. The summed E-state index contributed by atoms with van der Waals surface area (Å²) in [5, 5.41) is 12.3. The van der Waals surface area contributed by atoms with Gasteiger partial charge in [-0.2, -0.15) is 0 Å². The molecule has 0 atom stereocenters. The number of carbonyl (C=O) groups is 1. The highest BCUT2D eigenvalue weighted by molar-refractivity contribution is 5.95. The summed E-state index contributed by atoms with van der Waals surface area (Å²) in [7, 11) is 0. The molecule has 0 unspecified atom stereocenters. The summed E-state index contributed by atoms with van der Waals surface area (Å²) in [6.07, 6.45) is 3.62. The molecule has 0 spiro atoms. The molecule has 3 rings (SSSR count). The molecule has 116 valence electrons. The molecule has 0 amide bonds. The molecule has 0 fully saturated rings. The Kier molecular flexibility index (Phi) is 3.89. The molecule has 1 aromatic carbocycles. The zero-order valence-electron chi connectivity index (χ0n) is 12.6. The first-order valence-electron chi connectivity index (χ1n) is 7.32. The van der Waals surface area contributed by atoms with E-state index in [0.29, 0.717) is 5.69 Å². The molecule has 0 bridgehead atoms. The Hall–Kier alpha value is -3.02. The second kappa shape index (κ2) is 6.00. The van der Waals surface area contributed by atoms with Crippen LogP contribution >= 0.6 is 0 Å². The van der Waals surface area contributed by atoms with Gasteiger partial charge in [0.1, 0.15) is 11.3 Å². The average molecular weight is 309 g/mol. The minimum Gasteiger partial charge on any atom is -0.478 e. The third-order valence-corrected chi connectivity index (χ3v) is 3.71. The summed E-state index contributed by atoms with van der Waals surface area (Å²) in [5.41, 5.74) is 2.57. The second-order valence-corrected chi connectivity index (χ2v) is 5.24. The summed E-state index contributed by atoms with van der Waals surface area (Å²) >= 11 is 0. The number of imidazole rings is 1. The van der Waals surface area contributed by atoms with Crippen molar-refractivity contribution < 1.29 is 9.90 Å². The molecule has 6 heteroatoms. The third-order valence-electron chi connectivity index (χ3n) is 3.71. The average Bonchev–Trinajstić information content (AvgIpc) is 2.94. The van der Waals surface area contributed by atoms with E-state index in [-0.39, 0.29) is 17.0 Å². The monoisotopic (exact) mass is 309 g/mol. The summed E-state index contributed by atoms with van der Waals surface area (Å²) in [4.78, 5) is 26.9. The van der Waals surface area contributed by atoms with Gasteiger partial charge in [-0.15, -0.1) is 4.91 Å². The van der Waals surface area contributed by atoms with E-state index in [1.54, 1.807) is 12.3 Å². The zero-order chi connectivity index (χ0) is 16.4. The number of pyridine rings is 1. The van der Waals surface area contributed by atoms with Gasteiger partial charge in [-0.1, -0.05) is 37.6 Å². The van der Waals surface area contributed by atoms with E-state index in [9.17, 15) is 14.8 Å². The molecule has 0 saturated carbocycles. The maximum absolute atomic E-state index is 11.3. The van der Waals surface area contributed by atoms with E-state index in [0.717, 1.165) is 18.4 Å². The van der Waals surface area contributed by atoms with E-state index in [4.69, 9.17) is 0 Å². The minimum atomic E-state index is -1.09. The van der Waals surface area contributed by atoms with Gasteiger partial charge < -0.3 is 5.11 Å². The fraction of sp³-hybridized carbons (Fsp3) is 0.176. The van der Waals surface area contributed by atoms with Crippen LogP contribution in [0.25, 0.3) is 16.9 Å². The second-order valence-electron chi connectivity index (χ2n) is 5.24. The predicted octanol–water partition coefficient (Wildman–Crippen LogP) is 4.05. The summed E-state index contributed by atoms with van der Waals surface area (Å²) in [6.45, 7) is 2.11. The van der Waals surface area contributed by atoms with Crippen LogP contribution in [0.3, 0.4) is 0 Å².